The molecule has 0 aliphatic carbocycles. The van der Waals surface area contributed by atoms with Crippen LogP contribution in [0.2, 0.25) is 5.15 Å². The molecule has 8 nitrogen and oxygen atoms in total. The van der Waals surface area contributed by atoms with Gasteiger partial charge in [-0.2, -0.15) is 0 Å². The minimum Gasteiger partial charge on any atom is -0.372 e. The van der Waals surface area contributed by atoms with Gasteiger partial charge >= 0.3 is 0 Å². The number of amides is 1. The zero-order valence-corrected chi connectivity index (χ0v) is 19.9. The number of rotatable bonds is 6. The van der Waals surface area contributed by atoms with E-state index in [1.165, 1.54) is 6.20 Å². The molecule has 33 heavy (non-hydrogen) atoms. The number of fused-ring (bicyclic) bond motifs is 1. The molecule has 10 heteroatoms. The van der Waals surface area contributed by atoms with Gasteiger partial charge in [-0.1, -0.05) is 41.9 Å². The molecular formula is C23H26ClN5O3S. The summed E-state index contributed by atoms with van der Waals surface area (Å²) >= 11 is 5.92. The van der Waals surface area contributed by atoms with Gasteiger partial charge in [0.25, 0.3) is 5.91 Å². The average molecular weight is 488 g/mol. The maximum atomic E-state index is 13.4. The van der Waals surface area contributed by atoms with Crippen LogP contribution < -0.4 is 10.0 Å². The van der Waals surface area contributed by atoms with Crippen LogP contribution >= 0.6 is 11.6 Å². The molecule has 3 heterocycles. The summed E-state index contributed by atoms with van der Waals surface area (Å²) in [6, 6.07) is 12.7. The number of aromatic nitrogens is 2. The minimum absolute atomic E-state index is 0.268. The van der Waals surface area contributed by atoms with Crippen LogP contribution in [-0.2, 0) is 34.7 Å². The molecule has 3 N–H and O–H groups in total. The molecule has 0 spiro atoms. The summed E-state index contributed by atoms with van der Waals surface area (Å²) in [7, 11) is -1.62. The number of carbonyl (C=O) groups excluding carboxylic acids is 1. The zero-order valence-electron chi connectivity index (χ0n) is 18.4. The molecule has 0 fully saturated rings. The number of hydrogen-bond acceptors (Lipinski definition) is 5. The number of aryl methyl sites for hydroxylation is 1. The molecule has 0 radical (unpaired) electrons. The third kappa shape index (κ3) is 5.27. The Morgan fingerprint density at radius 1 is 1.39 bits per heavy atom. The fourth-order valence-electron chi connectivity index (χ4n) is 3.99. The van der Waals surface area contributed by atoms with Gasteiger partial charge in [0.1, 0.15) is 20.8 Å². The van der Waals surface area contributed by atoms with Crippen molar-refractivity contribution in [3.63, 3.8) is 0 Å². The highest BCUT2D eigenvalue weighted by atomic mass is 35.5. The topological polar surface area (TPSA) is 109 Å². The summed E-state index contributed by atoms with van der Waals surface area (Å²) in [6.45, 7) is 2.34. The third-order valence-electron chi connectivity index (χ3n) is 5.70. The van der Waals surface area contributed by atoms with Crippen molar-refractivity contribution in [1.29, 1.82) is 4.78 Å². The molecule has 1 unspecified atom stereocenters. The highest BCUT2D eigenvalue weighted by Crippen LogP contribution is 2.29. The Kier molecular flexibility index (Phi) is 6.85. The maximum Gasteiger partial charge on any atom is 0.272 e. The fourth-order valence-corrected chi connectivity index (χ4v) is 5.88. The first-order valence-corrected chi connectivity index (χ1v) is 12.5. The van der Waals surface area contributed by atoms with Crippen LogP contribution in [0.25, 0.3) is 0 Å². The maximum absolute atomic E-state index is 13.4. The number of benzene rings is 1. The van der Waals surface area contributed by atoms with E-state index in [0.29, 0.717) is 41.3 Å². The van der Waals surface area contributed by atoms with E-state index in [4.69, 9.17) is 21.1 Å². The second-order valence-electron chi connectivity index (χ2n) is 8.07. The largest absolute Gasteiger partial charge is 0.372 e. The van der Waals surface area contributed by atoms with Gasteiger partial charge in [-0.25, -0.2) is 18.7 Å². The standard InChI is InChI=1S/C23H26ClN5O3S/c1-15(32-14-16-6-4-3-5-7-16)19-9-8-18-20(33(25,31)28-19)13-29(2)22(18)23(30)27-17-10-11-26-21(24)12-17/h3-7,10-13,15,19H,8-9,14H2,1-2H3,(H2,25,28,31)(H,26,27,30)/t15-,19-,33?/m1/s1. The van der Waals surface area contributed by atoms with E-state index < -0.39 is 9.92 Å². The van der Waals surface area contributed by atoms with Gasteiger partial charge in [-0.05, 0) is 37.5 Å². The van der Waals surface area contributed by atoms with Crippen molar-refractivity contribution in [3.8, 4) is 0 Å². The summed E-state index contributed by atoms with van der Waals surface area (Å²) < 4.78 is 32.5. The van der Waals surface area contributed by atoms with Crippen molar-refractivity contribution in [2.24, 2.45) is 7.05 Å². The Labute approximate surface area is 198 Å². The molecule has 174 valence electrons. The van der Waals surface area contributed by atoms with E-state index in [1.807, 2.05) is 37.3 Å². The number of carbonyl (C=O) groups is 1. The fraction of sp³-hybridized carbons (Fsp3) is 0.304. The van der Waals surface area contributed by atoms with Crippen LogP contribution in [0.5, 0.6) is 0 Å². The lowest BCUT2D eigenvalue weighted by Crippen LogP contribution is -2.41. The molecule has 1 amide bonds. The zero-order chi connectivity index (χ0) is 23.6. The van der Waals surface area contributed by atoms with Crippen LogP contribution in [0.3, 0.4) is 0 Å². The van der Waals surface area contributed by atoms with Crippen LogP contribution in [0.1, 0.15) is 35.0 Å². The normalized spacial score (nSPS) is 21.1. The predicted octanol–water partition coefficient (Wildman–Crippen LogP) is 4.16. The highest BCUT2D eigenvalue weighted by Gasteiger charge is 2.33. The van der Waals surface area contributed by atoms with Crippen molar-refractivity contribution in [1.82, 2.24) is 14.3 Å². The lowest BCUT2D eigenvalue weighted by atomic mass is 10.0. The number of ether oxygens (including phenoxy) is 1. The van der Waals surface area contributed by atoms with Gasteiger partial charge in [-0.3, -0.25) is 4.79 Å². The summed E-state index contributed by atoms with van der Waals surface area (Å²) in [6.07, 6.45) is 3.90. The Bertz CT molecular complexity index is 1260. The second kappa shape index (κ2) is 9.64. The molecule has 1 aliphatic heterocycles. The molecule has 4 rings (SSSR count). The summed E-state index contributed by atoms with van der Waals surface area (Å²) in [5.74, 6) is -0.358. The van der Waals surface area contributed by atoms with Gasteiger partial charge < -0.3 is 14.6 Å². The second-order valence-corrected chi connectivity index (χ2v) is 10.2. The number of anilines is 1. The lowest BCUT2D eigenvalue weighted by molar-refractivity contribution is 0.0308. The molecule has 1 aliphatic rings. The molecule has 3 atom stereocenters. The van der Waals surface area contributed by atoms with Crippen molar-refractivity contribution in [2.75, 3.05) is 5.32 Å². The van der Waals surface area contributed by atoms with E-state index in [-0.39, 0.29) is 23.2 Å². The predicted molar refractivity (Wildman–Crippen MR) is 128 cm³/mol. The molecule has 0 bridgehead atoms. The van der Waals surface area contributed by atoms with Crippen LogP contribution in [0.15, 0.2) is 59.8 Å². The molecular weight excluding hydrogens is 462 g/mol. The summed E-state index contributed by atoms with van der Waals surface area (Å²) in [4.78, 5) is 17.3. The smallest absolute Gasteiger partial charge is 0.272 e. The first-order chi connectivity index (χ1) is 15.7. The van der Waals surface area contributed by atoms with Crippen LogP contribution in [0.4, 0.5) is 5.69 Å². The molecule has 0 saturated carbocycles. The Morgan fingerprint density at radius 2 is 2.15 bits per heavy atom. The summed E-state index contributed by atoms with van der Waals surface area (Å²) in [5, 5.41) is 3.08. The van der Waals surface area contributed by atoms with Gasteiger partial charge in [0.2, 0.25) is 0 Å². The monoisotopic (exact) mass is 487 g/mol. The number of pyridine rings is 1. The lowest BCUT2D eigenvalue weighted by Gasteiger charge is -2.24. The van der Waals surface area contributed by atoms with Gasteiger partial charge in [0.05, 0.1) is 17.6 Å². The average Bonchev–Trinajstić information content (AvgIpc) is 3.06. The molecule has 1 aromatic carbocycles. The third-order valence-corrected chi connectivity index (χ3v) is 7.51. The Morgan fingerprint density at radius 3 is 2.88 bits per heavy atom. The minimum atomic E-state index is -3.33. The van der Waals surface area contributed by atoms with Crippen molar-refractivity contribution in [2.45, 2.75) is 43.4 Å². The van der Waals surface area contributed by atoms with E-state index in [2.05, 4.69) is 15.0 Å². The first-order valence-electron chi connectivity index (χ1n) is 10.6. The molecule has 0 saturated heterocycles. The Balaban J connectivity index is 1.53. The number of hydrogen-bond donors (Lipinski definition) is 3. The SMILES string of the molecule is C[C@@H](OCc1ccccc1)[C@H]1CCc2c(cn(C)c2C(=O)Nc2ccnc(Cl)c2)S(=N)(=O)N1. The van der Waals surface area contributed by atoms with Crippen molar-refractivity contribution in [3.05, 3.63) is 76.8 Å². The number of halogens is 1. The van der Waals surface area contributed by atoms with Crippen molar-refractivity contribution >= 4 is 33.1 Å². The van der Waals surface area contributed by atoms with Crippen molar-refractivity contribution < 1.29 is 13.7 Å². The number of nitrogens with one attached hydrogen (secondary N) is 3. The van der Waals surface area contributed by atoms with Gasteiger partial charge in [0.15, 0.2) is 0 Å². The molecule has 2 aromatic heterocycles. The van der Waals surface area contributed by atoms with E-state index >= 15 is 0 Å². The van der Waals surface area contributed by atoms with Crippen LogP contribution in [0, 0.1) is 4.78 Å². The number of nitrogens with zero attached hydrogens (tertiary/aromatic N) is 2. The first kappa shape index (κ1) is 23.4. The Hall–Kier alpha value is -2.72. The van der Waals surface area contributed by atoms with E-state index in [1.54, 1.807) is 29.9 Å². The van der Waals surface area contributed by atoms with Gasteiger partial charge in [-0.15, -0.1) is 0 Å². The highest BCUT2D eigenvalue weighted by molar-refractivity contribution is 7.90. The van der Waals surface area contributed by atoms with E-state index in [0.717, 1.165) is 5.56 Å². The molecule has 3 aromatic rings. The summed E-state index contributed by atoms with van der Waals surface area (Å²) in [5.41, 5.74) is 2.54. The quantitative estimate of drug-likeness (QED) is 0.453. The van der Waals surface area contributed by atoms with Gasteiger partial charge in [0, 0.05) is 36.7 Å². The van der Waals surface area contributed by atoms with E-state index in [9.17, 15) is 9.00 Å². The van der Waals surface area contributed by atoms with Crippen LogP contribution in [-0.4, -0.2) is 31.8 Å².